The van der Waals surface area contributed by atoms with E-state index in [1.54, 1.807) is 29.7 Å². The molecule has 0 spiro atoms. The number of hydrogen-bond donors (Lipinski definition) is 1. The smallest absolute Gasteiger partial charge is 0.270 e. The quantitative estimate of drug-likeness (QED) is 0.197. The minimum absolute atomic E-state index is 0.0188. The molecule has 0 aliphatic rings. The predicted molar refractivity (Wildman–Crippen MR) is 126 cm³/mol. The van der Waals surface area contributed by atoms with Crippen molar-refractivity contribution in [2.24, 2.45) is 0 Å². The number of benzene rings is 2. The molecule has 2 aromatic heterocycles. The van der Waals surface area contributed by atoms with Crippen LogP contribution in [-0.4, -0.2) is 15.8 Å². The number of nitro groups is 1. The number of non-ortho nitro benzene ring substituents is 1. The van der Waals surface area contributed by atoms with Crippen LogP contribution in [0.3, 0.4) is 0 Å². The normalized spacial score (nSPS) is 11.1. The molecule has 160 valence electrons. The van der Waals surface area contributed by atoms with Crippen LogP contribution in [0.1, 0.15) is 11.3 Å². The fourth-order valence-corrected chi connectivity index (χ4v) is 3.79. The van der Waals surface area contributed by atoms with Gasteiger partial charge in [0.05, 0.1) is 10.6 Å². The summed E-state index contributed by atoms with van der Waals surface area (Å²) in [6, 6.07) is 15.4. The summed E-state index contributed by atoms with van der Waals surface area (Å²) in [5.41, 5.74) is 2.96. The van der Waals surface area contributed by atoms with Crippen LogP contribution in [0.15, 0.2) is 70.5 Å². The molecule has 2 aromatic carbocycles. The molecular formula is C23H16ClN3O4S. The highest BCUT2D eigenvalue weighted by molar-refractivity contribution is 7.14. The maximum atomic E-state index is 12.3. The highest BCUT2D eigenvalue weighted by Crippen LogP contribution is 2.28. The molecule has 0 unspecified atom stereocenters. The van der Waals surface area contributed by atoms with Crippen molar-refractivity contribution < 1.29 is 14.1 Å². The monoisotopic (exact) mass is 465 g/mol. The van der Waals surface area contributed by atoms with E-state index in [1.807, 2.05) is 31.2 Å². The van der Waals surface area contributed by atoms with Gasteiger partial charge in [-0.05, 0) is 36.8 Å². The Hall–Kier alpha value is -3.75. The molecule has 1 N–H and O–H groups in total. The zero-order valence-corrected chi connectivity index (χ0v) is 18.3. The van der Waals surface area contributed by atoms with Crippen molar-refractivity contribution >= 4 is 45.7 Å². The van der Waals surface area contributed by atoms with E-state index < -0.39 is 4.92 Å². The molecule has 0 saturated carbocycles. The third kappa shape index (κ3) is 4.93. The largest absolute Gasteiger partial charge is 0.457 e. The van der Waals surface area contributed by atoms with Crippen LogP contribution in [-0.2, 0) is 4.79 Å². The van der Waals surface area contributed by atoms with Gasteiger partial charge in [0, 0.05) is 39.7 Å². The first-order valence-electron chi connectivity index (χ1n) is 9.45. The minimum Gasteiger partial charge on any atom is -0.457 e. The maximum absolute atomic E-state index is 12.3. The van der Waals surface area contributed by atoms with E-state index in [2.05, 4.69) is 10.3 Å². The summed E-state index contributed by atoms with van der Waals surface area (Å²) in [7, 11) is 0. The van der Waals surface area contributed by atoms with E-state index in [4.69, 9.17) is 16.0 Å². The van der Waals surface area contributed by atoms with Crippen molar-refractivity contribution in [1.82, 2.24) is 4.98 Å². The molecule has 0 bridgehead atoms. The number of rotatable bonds is 6. The molecule has 0 aliphatic heterocycles. The lowest BCUT2D eigenvalue weighted by Gasteiger charge is -2.00. The Morgan fingerprint density at radius 2 is 2.03 bits per heavy atom. The molecule has 32 heavy (non-hydrogen) atoms. The number of thiazole rings is 1. The van der Waals surface area contributed by atoms with Crippen molar-refractivity contribution in [3.05, 3.63) is 92.5 Å². The second-order valence-electron chi connectivity index (χ2n) is 6.83. The van der Waals surface area contributed by atoms with Crippen LogP contribution in [0.4, 0.5) is 10.8 Å². The Bertz CT molecular complexity index is 1340. The van der Waals surface area contributed by atoms with Gasteiger partial charge in [-0.3, -0.25) is 20.2 Å². The van der Waals surface area contributed by atoms with Crippen molar-refractivity contribution in [3.63, 3.8) is 0 Å². The third-order valence-electron chi connectivity index (χ3n) is 4.57. The lowest BCUT2D eigenvalue weighted by molar-refractivity contribution is -0.384. The molecule has 1 amide bonds. The Morgan fingerprint density at radius 1 is 1.19 bits per heavy atom. The molecule has 0 fully saturated rings. The Labute approximate surface area is 192 Å². The lowest BCUT2D eigenvalue weighted by atomic mass is 10.1. The van der Waals surface area contributed by atoms with Crippen LogP contribution >= 0.6 is 22.9 Å². The molecule has 0 aliphatic carbocycles. The summed E-state index contributed by atoms with van der Waals surface area (Å²) < 4.78 is 5.76. The van der Waals surface area contributed by atoms with E-state index >= 15 is 0 Å². The molecule has 0 radical (unpaired) electrons. The highest BCUT2D eigenvalue weighted by atomic mass is 35.5. The van der Waals surface area contributed by atoms with Gasteiger partial charge in [0.15, 0.2) is 5.13 Å². The molecule has 4 aromatic rings. The first-order chi connectivity index (χ1) is 15.4. The van der Waals surface area contributed by atoms with Crippen molar-refractivity contribution in [1.29, 1.82) is 0 Å². The van der Waals surface area contributed by atoms with Gasteiger partial charge in [-0.1, -0.05) is 35.9 Å². The standard InChI is InChI=1S/C23H16ClN3O4S/c1-14-5-6-16(12-19(14)24)21-9-7-18(31-21)8-10-22(28)26-23-25-20(13-32-23)15-3-2-4-17(11-15)27(29)30/h2-13H,1H3,(H,25,26,28)/b10-8+. The summed E-state index contributed by atoms with van der Waals surface area (Å²) in [5, 5.41) is 16.4. The number of nitrogens with zero attached hydrogens (tertiary/aromatic N) is 2. The van der Waals surface area contributed by atoms with E-state index in [0.29, 0.717) is 32.9 Å². The van der Waals surface area contributed by atoms with E-state index in [1.165, 1.54) is 29.5 Å². The van der Waals surface area contributed by atoms with Gasteiger partial charge in [-0.25, -0.2) is 4.98 Å². The number of halogens is 1. The summed E-state index contributed by atoms with van der Waals surface area (Å²) in [5.74, 6) is 0.790. The number of hydrogen-bond acceptors (Lipinski definition) is 6. The van der Waals surface area contributed by atoms with E-state index in [-0.39, 0.29) is 11.6 Å². The third-order valence-corrected chi connectivity index (χ3v) is 5.73. The Balaban J connectivity index is 1.41. The van der Waals surface area contributed by atoms with Gasteiger partial charge in [0.2, 0.25) is 5.91 Å². The highest BCUT2D eigenvalue weighted by Gasteiger charge is 2.11. The molecule has 0 atom stereocenters. The van der Waals surface area contributed by atoms with Gasteiger partial charge < -0.3 is 4.42 Å². The molecule has 7 nitrogen and oxygen atoms in total. The molecule has 9 heteroatoms. The fourth-order valence-electron chi connectivity index (χ4n) is 2.89. The number of amides is 1. The van der Waals surface area contributed by atoms with E-state index in [9.17, 15) is 14.9 Å². The maximum Gasteiger partial charge on any atom is 0.270 e. The number of carbonyl (C=O) groups is 1. The first kappa shape index (κ1) is 21.5. The number of aryl methyl sites for hydroxylation is 1. The average molecular weight is 466 g/mol. The second kappa shape index (κ2) is 9.17. The topological polar surface area (TPSA) is 98.3 Å². The SMILES string of the molecule is Cc1ccc(-c2ccc(/C=C/C(=O)Nc3nc(-c4cccc([N+](=O)[O-])c4)cs3)o2)cc1Cl. The molecule has 2 heterocycles. The molecule has 4 rings (SSSR count). The fraction of sp³-hybridized carbons (Fsp3) is 0.0435. The summed E-state index contributed by atoms with van der Waals surface area (Å²) >= 11 is 7.40. The lowest BCUT2D eigenvalue weighted by Crippen LogP contribution is -2.07. The summed E-state index contributed by atoms with van der Waals surface area (Å²) in [6.07, 6.45) is 2.91. The van der Waals surface area contributed by atoms with Gasteiger partial charge in [-0.15, -0.1) is 11.3 Å². The number of nitrogens with one attached hydrogen (secondary N) is 1. The van der Waals surface area contributed by atoms with Gasteiger partial charge in [-0.2, -0.15) is 0 Å². The van der Waals surface area contributed by atoms with Gasteiger partial charge in [0.25, 0.3) is 5.69 Å². The molecular weight excluding hydrogens is 450 g/mol. The minimum atomic E-state index is -0.461. The number of carbonyl (C=O) groups excluding carboxylic acids is 1. The molecule has 0 saturated heterocycles. The van der Waals surface area contributed by atoms with Crippen molar-refractivity contribution in [2.75, 3.05) is 5.32 Å². The van der Waals surface area contributed by atoms with Gasteiger partial charge in [0.1, 0.15) is 11.5 Å². The summed E-state index contributed by atoms with van der Waals surface area (Å²) in [6.45, 7) is 1.93. The van der Waals surface area contributed by atoms with Crippen LogP contribution in [0, 0.1) is 17.0 Å². The van der Waals surface area contributed by atoms with Crippen LogP contribution in [0.25, 0.3) is 28.7 Å². The second-order valence-corrected chi connectivity index (χ2v) is 8.10. The predicted octanol–water partition coefficient (Wildman–Crippen LogP) is 6.59. The average Bonchev–Trinajstić information content (AvgIpc) is 3.44. The number of nitro benzene ring substituents is 1. The number of furan rings is 1. The Kier molecular flexibility index (Phi) is 6.16. The van der Waals surface area contributed by atoms with E-state index in [0.717, 1.165) is 11.1 Å². The number of aromatic nitrogens is 1. The zero-order valence-electron chi connectivity index (χ0n) is 16.7. The summed E-state index contributed by atoms with van der Waals surface area (Å²) in [4.78, 5) is 27.1. The van der Waals surface area contributed by atoms with Crippen LogP contribution < -0.4 is 5.32 Å². The zero-order chi connectivity index (χ0) is 22.7. The Morgan fingerprint density at radius 3 is 2.81 bits per heavy atom. The van der Waals surface area contributed by atoms with Crippen molar-refractivity contribution in [2.45, 2.75) is 6.92 Å². The van der Waals surface area contributed by atoms with Gasteiger partial charge >= 0.3 is 0 Å². The number of anilines is 1. The first-order valence-corrected chi connectivity index (χ1v) is 10.7. The van der Waals surface area contributed by atoms with Crippen LogP contribution in [0.2, 0.25) is 5.02 Å². The van der Waals surface area contributed by atoms with Crippen LogP contribution in [0.5, 0.6) is 0 Å². The van der Waals surface area contributed by atoms with Crippen molar-refractivity contribution in [3.8, 4) is 22.6 Å².